The molecule has 1 fully saturated rings. The average Bonchev–Trinajstić information content (AvgIpc) is 2.97. The minimum Gasteiger partial charge on any atom is -0.323 e. The van der Waals surface area contributed by atoms with Gasteiger partial charge in [0.1, 0.15) is 0 Å². The Morgan fingerprint density at radius 3 is 2.46 bits per heavy atom. The summed E-state index contributed by atoms with van der Waals surface area (Å²) in [6.45, 7) is 1.81. The summed E-state index contributed by atoms with van der Waals surface area (Å²) in [5.41, 5.74) is 2.01. The maximum Gasteiger partial charge on any atom is 0.266 e. The number of benzene rings is 2. The second-order valence-corrected chi connectivity index (χ2v) is 8.10. The molecule has 1 saturated heterocycles. The second kappa shape index (κ2) is 5.41. The van der Waals surface area contributed by atoms with Gasteiger partial charge in [-0.1, -0.05) is 23.2 Å². The normalized spacial score (nSPS) is 25.3. The summed E-state index contributed by atoms with van der Waals surface area (Å²) in [4.78, 5) is 26.2. The van der Waals surface area contributed by atoms with E-state index in [4.69, 9.17) is 23.2 Å². The lowest BCUT2D eigenvalue weighted by atomic mass is 10.0. The van der Waals surface area contributed by atoms with Gasteiger partial charge in [-0.05, 0) is 49.4 Å². The molecule has 7 heteroatoms. The van der Waals surface area contributed by atoms with Gasteiger partial charge in [0.15, 0.2) is 0 Å². The molecule has 24 heavy (non-hydrogen) atoms. The summed E-state index contributed by atoms with van der Waals surface area (Å²) in [5, 5.41) is 3.61. The third-order valence-corrected chi connectivity index (χ3v) is 6.19. The number of nitrogens with one attached hydrogen (secondary N) is 1. The molecule has 2 heterocycles. The van der Waals surface area contributed by atoms with Crippen molar-refractivity contribution in [2.75, 3.05) is 10.2 Å². The summed E-state index contributed by atoms with van der Waals surface area (Å²) in [7, 11) is 0. The van der Waals surface area contributed by atoms with Gasteiger partial charge in [0, 0.05) is 27.0 Å². The molecule has 0 saturated carbocycles. The summed E-state index contributed by atoms with van der Waals surface area (Å²) in [6, 6.07) is 12.1. The van der Waals surface area contributed by atoms with Gasteiger partial charge in [0.2, 0.25) is 10.8 Å². The van der Waals surface area contributed by atoms with E-state index >= 15 is 0 Å². The van der Waals surface area contributed by atoms with Gasteiger partial charge in [0.25, 0.3) is 5.91 Å². The molecule has 2 atom stereocenters. The molecule has 2 aromatic rings. The Hall–Kier alpha value is -1.69. The van der Waals surface area contributed by atoms with Crippen LogP contribution in [0.2, 0.25) is 10.0 Å². The van der Waals surface area contributed by atoms with Crippen molar-refractivity contribution in [1.29, 1.82) is 0 Å². The van der Waals surface area contributed by atoms with Crippen molar-refractivity contribution in [2.45, 2.75) is 17.0 Å². The molecular formula is C17H12Cl2N2O2S. The van der Waals surface area contributed by atoms with Crippen LogP contribution < -0.4 is 10.2 Å². The highest BCUT2D eigenvalue weighted by Crippen LogP contribution is 2.56. The van der Waals surface area contributed by atoms with Crippen molar-refractivity contribution in [3.63, 3.8) is 0 Å². The molecule has 4 nitrogen and oxygen atoms in total. The Kier molecular flexibility index (Phi) is 3.56. The molecule has 2 aliphatic rings. The Balaban J connectivity index is 1.95. The van der Waals surface area contributed by atoms with E-state index in [1.54, 1.807) is 54.3 Å². The molecule has 2 aromatic carbocycles. The largest absolute Gasteiger partial charge is 0.323 e. The van der Waals surface area contributed by atoms with Crippen molar-refractivity contribution in [3.05, 3.63) is 58.1 Å². The van der Waals surface area contributed by atoms with Crippen molar-refractivity contribution >= 4 is 58.2 Å². The van der Waals surface area contributed by atoms with Crippen LogP contribution in [0.5, 0.6) is 0 Å². The first-order valence-corrected chi connectivity index (χ1v) is 8.96. The number of fused-ring (bicyclic) bond motifs is 2. The van der Waals surface area contributed by atoms with Crippen LogP contribution in [0.15, 0.2) is 42.5 Å². The predicted octanol–water partition coefficient (Wildman–Crippen LogP) is 4.27. The third-order valence-electron chi connectivity index (χ3n) is 4.22. The SMILES string of the molecule is C[C@@H]1S[C@]2(C(=O)Nc3ccc(Cl)cc32)N(c2ccc(Cl)cc2)C1=O. The van der Waals surface area contributed by atoms with Crippen LogP contribution in [0.25, 0.3) is 0 Å². The minimum absolute atomic E-state index is 0.120. The number of amides is 2. The van der Waals surface area contributed by atoms with Crippen LogP contribution in [-0.2, 0) is 14.5 Å². The predicted molar refractivity (Wildman–Crippen MR) is 97.8 cm³/mol. The fourth-order valence-electron chi connectivity index (χ4n) is 3.17. The number of halogens is 2. The van der Waals surface area contributed by atoms with E-state index in [1.807, 2.05) is 0 Å². The van der Waals surface area contributed by atoms with Gasteiger partial charge in [-0.3, -0.25) is 14.5 Å². The van der Waals surface area contributed by atoms with Crippen molar-refractivity contribution < 1.29 is 9.59 Å². The number of nitrogens with zero attached hydrogens (tertiary/aromatic N) is 1. The lowest BCUT2D eigenvalue weighted by Crippen LogP contribution is -2.47. The Labute approximate surface area is 153 Å². The lowest BCUT2D eigenvalue weighted by molar-refractivity contribution is -0.122. The first-order valence-electron chi connectivity index (χ1n) is 7.32. The van der Waals surface area contributed by atoms with E-state index in [0.29, 0.717) is 27.0 Å². The molecule has 2 aliphatic heterocycles. The molecule has 0 unspecified atom stereocenters. The van der Waals surface area contributed by atoms with E-state index in [9.17, 15) is 9.59 Å². The summed E-state index contributed by atoms with van der Waals surface area (Å²) in [5.74, 6) is -0.359. The Morgan fingerprint density at radius 1 is 1.08 bits per heavy atom. The van der Waals surface area contributed by atoms with Crippen LogP contribution >= 0.6 is 35.0 Å². The summed E-state index contributed by atoms with van der Waals surface area (Å²) < 4.78 is 0. The number of hydrogen-bond donors (Lipinski definition) is 1. The second-order valence-electron chi connectivity index (χ2n) is 5.70. The molecule has 1 spiro atoms. The number of thioether (sulfide) groups is 1. The molecule has 1 N–H and O–H groups in total. The highest BCUT2D eigenvalue weighted by molar-refractivity contribution is 8.03. The quantitative estimate of drug-likeness (QED) is 0.805. The maximum absolute atomic E-state index is 12.9. The molecule has 4 rings (SSSR count). The van der Waals surface area contributed by atoms with Crippen molar-refractivity contribution in [1.82, 2.24) is 0 Å². The standard InChI is InChI=1S/C17H12Cl2N2O2S/c1-9-15(22)21(12-5-2-10(18)3-6-12)17(24-9)13-8-11(19)4-7-14(13)20-16(17)23/h2-9H,1H3,(H,20,23)/t9-,17+/m0/s1. The van der Waals surface area contributed by atoms with Crippen molar-refractivity contribution in [2.24, 2.45) is 0 Å². The van der Waals surface area contributed by atoms with E-state index in [1.165, 1.54) is 11.8 Å². The first-order chi connectivity index (χ1) is 11.4. The molecule has 0 radical (unpaired) electrons. The van der Waals surface area contributed by atoms with Gasteiger partial charge in [-0.25, -0.2) is 0 Å². The topological polar surface area (TPSA) is 49.4 Å². The zero-order valence-electron chi connectivity index (χ0n) is 12.5. The number of carbonyl (C=O) groups excluding carboxylic acids is 2. The van der Waals surface area contributed by atoms with E-state index in [0.717, 1.165) is 0 Å². The monoisotopic (exact) mass is 378 g/mol. The lowest BCUT2D eigenvalue weighted by Gasteiger charge is -2.32. The number of hydrogen-bond acceptors (Lipinski definition) is 3. The third kappa shape index (κ3) is 2.08. The van der Waals surface area contributed by atoms with E-state index in [-0.39, 0.29) is 17.1 Å². The fourth-order valence-corrected chi connectivity index (χ4v) is 4.94. The van der Waals surface area contributed by atoms with E-state index < -0.39 is 4.87 Å². The van der Waals surface area contributed by atoms with Gasteiger partial charge >= 0.3 is 0 Å². The molecule has 0 aliphatic carbocycles. The van der Waals surface area contributed by atoms with Crippen molar-refractivity contribution in [3.8, 4) is 0 Å². The Morgan fingerprint density at radius 2 is 1.75 bits per heavy atom. The molecule has 0 aromatic heterocycles. The van der Waals surface area contributed by atoms with Gasteiger partial charge in [-0.15, -0.1) is 11.8 Å². The maximum atomic E-state index is 12.9. The summed E-state index contributed by atoms with van der Waals surface area (Å²) in [6.07, 6.45) is 0. The van der Waals surface area contributed by atoms with Gasteiger partial charge < -0.3 is 5.32 Å². The minimum atomic E-state index is -1.15. The summed E-state index contributed by atoms with van der Waals surface area (Å²) >= 11 is 13.4. The van der Waals surface area contributed by atoms with Crippen LogP contribution in [0, 0.1) is 0 Å². The van der Waals surface area contributed by atoms with Gasteiger partial charge in [0.05, 0.1) is 5.25 Å². The van der Waals surface area contributed by atoms with Crippen LogP contribution in [0.4, 0.5) is 11.4 Å². The highest BCUT2D eigenvalue weighted by atomic mass is 35.5. The van der Waals surface area contributed by atoms with E-state index in [2.05, 4.69) is 5.32 Å². The number of anilines is 2. The number of carbonyl (C=O) groups is 2. The molecule has 2 amide bonds. The average molecular weight is 379 g/mol. The van der Waals surface area contributed by atoms with Crippen LogP contribution in [0.3, 0.4) is 0 Å². The zero-order chi connectivity index (χ0) is 17.1. The smallest absolute Gasteiger partial charge is 0.266 e. The Bertz CT molecular complexity index is 871. The number of rotatable bonds is 1. The van der Waals surface area contributed by atoms with Crippen LogP contribution in [0.1, 0.15) is 12.5 Å². The molecule has 122 valence electrons. The van der Waals surface area contributed by atoms with Gasteiger partial charge in [-0.2, -0.15) is 0 Å². The zero-order valence-corrected chi connectivity index (χ0v) is 14.9. The molecular weight excluding hydrogens is 367 g/mol. The highest BCUT2D eigenvalue weighted by Gasteiger charge is 2.60. The molecule has 0 bridgehead atoms. The fraction of sp³-hybridized carbons (Fsp3) is 0.176. The van der Waals surface area contributed by atoms with Crippen LogP contribution in [-0.4, -0.2) is 17.1 Å². The first kappa shape index (κ1) is 15.8.